The van der Waals surface area contributed by atoms with Crippen LogP contribution in [0.25, 0.3) is 0 Å². The normalized spacial score (nSPS) is 8.82. The first-order valence-corrected chi connectivity index (χ1v) is 4.65. The molecule has 0 aliphatic heterocycles. The molecule has 2 N–H and O–H groups in total. The summed E-state index contributed by atoms with van der Waals surface area (Å²) in [5.74, 6) is 4.73. The summed E-state index contributed by atoms with van der Waals surface area (Å²) in [6.07, 6.45) is 0.618. The number of nitrogens with two attached hydrogens (primary N) is 1. The van der Waals surface area contributed by atoms with Gasteiger partial charge in [-0.2, -0.15) is 0 Å². The SMILES string of the molecule is COc1cc(C#CC(N)=O)c(C=O)cc1OC. The molecule has 0 bridgehead atoms. The van der Waals surface area contributed by atoms with Gasteiger partial charge >= 0.3 is 0 Å². The smallest absolute Gasteiger partial charge is 0.293 e. The average molecular weight is 233 g/mol. The highest BCUT2D eigenvalue weighted by Gasteiger charge is 2.09. The first-order valence-electron chi connectivity index (χ1n) is 4.65. The molecule has 0 saturated carbocycles. The van der Waals surface area contributed by atoms with Crippen LogP contribution >= 0.6 is 0 Å². The van der Waals surface area contributed by atoms with Gasteiger partial charge < -0.3 is 15.2 Å². The standard InChI is InChI=1S/C12H11NO4/c1-16-10-5-8(3-4-12(13)15)9(7-14)6-11(10)17-2/h5-7H,1-2H3,(H2,13,15). The van der Waals surface area contributed by atoms with Crippen LogP contribution in [-0.2, 0) is 4.79 Å². The number of primary amides is 1. The summed E-state index contributed by atoms with van der Waals surface area (Å²) in [7, 11) is 2.92. The van der Waals surface area contributed by atoms with Gasteiger partial charge in [0.15, 0.2) is 17.8 Å². The number of carbonyl (C=O) groups is 2. The van der Waals surface area contributed by atoms with E-state index < -0.39 is 5.91 Å². The maximum atomic E-state index is 10.9. The van der Waals surface area contributed by atoms with E-state index in [2.05, 4.69) is 11.8 Å². The first kappa shape index (κ1) is 12.6. The van der Waals surface area contributed by atoms with Crippen molar-refractivity contribution in [2.24, 2.45) is 5.73 Å². The molecular weight excluding hydrogens is 222 g/mol. The van der Waals surface area contributed by atoms with Crippen LogP contribution in [0.1, 0.15) is 15.9 Å². The quantitative estimate of drug-likeness (QED) is 0.603. The van der Waals surface area contributed by atoms with Crippen molar-refractivity contribution in [2.75, 3.05) is 14.2 Å². The second kappa shape index (κ2) is 5.56. The van der Waals surface area contributed by atoms with Gasteiger partial charge in [0.1, 0.15) is 0 Å². The maximum Gasteiger partial charge on any atom is 0.293 e. The van der Waals surface area contributed by atoms with Crippen molar-refractivity contribution in [3.8, 4) is 23.3 Å². The molecule has 1 aromatic carbocycles. The lowest BCUT2D eigenvalue weighted by Gasteiger charge is -2.08. The summed E-state index contributed by atoms with van der Waals surface area (Å²) in [5, 5.41) is 0. The fourth-order valence-corrected chi connectivity index (χ4v) is 1.23. The van der Waals surface area contributed by atoms with E-state index in [-0.39, 0.29) is 0 Å². The van der Waals surface area contributed by atoms with Crippen LogP contribution in [0.15, 0.2) is 12.1 Å². The van der Waals surface area contributed by atoms with Crippen LogP contribution in [-0.4, -0.2) is 26.4 Å². The van der Waals surface area contributed by atoms with Crippen molar-refractivity contribution in [3.05, 3.63) is 23.3 Å². The zero-order valence-corrected chi connectivity index (χ0v) is 9.44. The third-order valence-corrected chi connectivity index (χ3v) is 2.00. The third kappa shape index (κ3) is 2.98. The summed E-state index contributed by atoms with van der Waals surface area (Å²) < 4.78 is 10.1. The van der Waals surface area contributed by atoms with E-state index in [1.54, 1.807) is 0 Å². The van der Waals surface area contributed by atoms with E-state index in [1.165, 1.54) is 26.4 Å². The highest BCUT2D eigenvalue weighted by atomic mass is 16.5. The Morgan fingerprint density at radius 2 is 1.88 bits per heavy atom. The number of rotatable bonds is 3. The van der Waals surface area contributed by atoms with Crippen molar-refractivity contribution in [1.82, 2.24) is 0 Å². The van der Waals surface area contributed by atoms with E-state index in [4.69, 9.17) is 15.2 Å². The number of ether oxygens (including phenoxy) is 2. The third-order valence-electron chi connectivity index (χ3n) is 2.00. The predicted octanol–water partition coefficient (Wildman–Crippen LogP) is 0.353. The molecule has 0 atom stereocenters. The van der Waals surface area contributed by atoms with Gasteiger partial charge in [-0.1, -0.05) is 5.92 Å². The molecule has 0 radical (unpaired) electrons. The molecule has 1 amide bonds. The Balaban J connectivity index is 3.35. The van der Waals surface area contributed by atoms with Gasteiger partial charge in [-0.05, 0) is 6.07 Å². The number of methoxy groups -OCH3 is 2. The number of benzene rings is 1. The Kier molecular flexibility index (Phi) is 4.12. The molecule has 1 rings (SSSR count). The molecule has 0 aliphatic carbocycles. The number of aldehydes is 1. The Morgan fingerprint density at radius 3 is 2.35 bits per heavy atom. The lowest BCUT2D eigenvalue weighted by Crippen LogP contribution is -2.06. The number of hydrogen-bond donors (Lipinski definition) is 1. The summed E-state index contributed by atoms with van der Waals surface area (Å²) in [5.41, 5.74) is 5.56. The van der Waals surface area contributed by atoms with Crippen LogP contribution in [0.2, 0.25) is 0 Å². The highest BCUT2D eigenvalue weighted by molar-refractivity contribution is 5.93. The fourth-order valence-electron chi connectivity index (χ4n) is 1.23. The molecule has 5 nitrogen and oxygen atoms in total. The number of carbonyl (C=O) groups excluding carboxylic acids is 2. The minimum Gasteiger partial charge on any atom is -0.493 e. The molecule has 1 aromatic rings. The molecule has 0 aromatic heterocycles. The molecule has 0 fully saturated rings. The highest BCUT2D eigenvalue weighted by Crippen LogP contribution is 2.29. The number of hydrogen-bond acceptors (Lipinski definition) is 4. The molecule has 88 valence electrons. The van der Waals surface area contributed by atoms with Crippen LogP contribution in [0.3, 0.4) is 0 Å². The Bertz CT molecular complexity index is 511. The van der Waals surface area contributed by atoms with E-state index in [9.17, 15) is 9.59 Å². The van der Waals surface area contributed by atoms with Gasteiger partial charge in [-0.15, -0.1) is 0 Å². The van der Waals surface area contributed by atoms with Gasteiger partial charge in [0.05, 0.1) is 14.2 Å². The van der Waals surface area contributed by atoms with Gasteiger partial charge in [0.25, 0.3) is 5.91 Å². The summed E-state index contributed by atoms with van der Waals surface area (Å²) >= 11 is 0. The van der Waals surface area contributed by atoms with Gasteiger partial charge in [-0.25, -0.2) is 0 Å². The second-order valence-corrected chi connectivity index (χ2v) is 3.03. The summed E-state index contributed by atoms with van der Waals surface area (Å²) in [6, 6.07) is 3.00. The van der Waals surface area contributed by atoms with Crippen LogP contribution in [0.4, 0.5) is 0 Å². The number of amides is 1. The van der Waals surface area contributed by atoms with Crippen molar-refractivity contribution < 1.29 is 19.1 Å². The van der Waals surface area contributed by atoms with Crippen molar-refractivity contribution in [1.29, 1.82) is 0 Å². The predicted molar refractivity (Wildman–Crippen MR) is 61.0 cm³/mol. The summed E-state index contributed by atoms with van der Waals surface area (Å²) in [4.78, 5) is 21.4. The molecule has 0 aliphatic rings. The van der Waals surface area contributed by atoms with E-state index in [0.29, 0.717) is 28.9 Å². The Hall–Kier alpha value is -2.48. The maximum absolute atomic E-state index is 10.9. The van der Waals surface area contributed by atoms with Crippen molar-refractivity contribution in [3.63, 3.8) is 0 Å². The van der Waals surface area contributed by atoms with Crippen LogP contribution in [0.5, 0.6) is 11.5 Å². The monoisotopic (exact) mass is 233 g/mol. The fraction of sp³-hybridized carbons (Fsp3) is 0.167. The topological polar surface area (TPSA) is 78.6 Å². The molecule has 0 saturated heterocycles. The molecule has 5 heteroatoms. The lowest BCUT2D eigenvalue weighted by atomic mass is 10.1. The largest absolute Gasteiger partial charge is 0.493 e. The minimum absolute atomic E-state index is 0.302. The zero-order valence-electron chi connectivity index (χ0n) is 9.44. The van der Waals surface area contributed by atoms with E-state index in [1.807, 2.05) is 0 Å². The zero-order chi connectivity index (χ0) is 12.8. The van der Waals surface area contributed by atoms with Gasteiger partial charge in [0.2, 0.25) is 0 Å². The Labute approximate surface area is 98.5 Å². The van der Waals surface area contributed by atoms with E-state index >= 15 is 0 Å². The first-order chi connectivity index (χ1) is 8.12. The average Bonchev–Trinajstić information content (AvgIpc) is 2.34. The molecule has 0 unspecified atom stereocenters. The summed E-state index contributed by atoms with van der Waals surface area (Å²) in [6.45, 7) is 0. The van der Waals surface area contributed by atoms with Crippen molar-refractivity contribution >= 4 is 12.2 Å². The second-order valence-electron chi connectivity index (χ2n) is 3.03. The van der Waals surface area contributed by atoms with E-state index in [0.717, 1.165) is 0 Å². The van der Waals surface area contributed by atoms with Gasteiger partial charge in [0, 0.05) is 23.1 Å². The van der Waals surface area contributed by atoms with Gasteiger partial charge in [-0.3, -0.25) is 9.59 Å². The van der Waals surface area contributed by atoms with Crippen molar-refractivity contribution in [2.45, 2.75) is 0 Å². The lowest BCUT2D eigenvalue weighted by molar-refractivity contribution is -0.112. The molecule has 0 heterocycles. The van der Waals surface area contributed by atoms with Crippen LogP contribution < -0.4 is 15.2 Å². The van der Waals surface area contributed by atoms with Crippen LogP contribution in [0, 0.1) is 11.8 Å². The Morgan fingerprint density at radius 1 is 1.29 bits per heavy atom. The molecular formula is C12H11NO4. The minimum atomic E-state index is -0.767. The molecule has 0 spiro atoms. The molecule has 17 heavy (non-hydrogen) atoms.